The van der Waals surface area contributed by atoms with Crippen LogP contribution >= 0.6 is 0 Å². The van der Waals surface area contributed by atoms with Crippen LogP contribution in [0.1, 0.15) is 48.9 Å². The number of pyridine rings is 2. The molecule has 36 heavy (non-hydrogen) atoms. The van der Waals surface area contributed by atoms with E-state index in [1.807, 2.05) is 42.7 Å². The molecule has 8 nitrogen and oxygen atoms in total. The summed E-state index contributed by atoms with van der Waals surface area (Å²) in [5.74, 6) is 0.989. The van der Waals surface area contributed by atoms with Gasteiger partial charge in [-0.3, -0.25) is 4.79 Å². The lowest BCUT2D eigenvalue weighted by Crippen LogP contribution is -2.55. The minimum atomic E-state index is -0.422. The number of carbonyl (C=O) groups is 1. The van der Waals surface area contributed by atoms with Crippen LogP contribution in [0.25, 0.3) is 11.1 Å². The smallest absolute Gasteiger partial charge is 0.248 e. The maximum absolute atomic E-state index is 11.6. The van der Waals surface area contributed by atoms with Gasteiger partial charge >= 0.3 is 0 Å². The topological polar surface area (TPSA) is 122 Å². The summed E-state index contributed by atoms with van der Waals surface area (Å²) in [5.41, 5.74) is 14.9. The number of rotatable bonds is 7. The molecule has 6 N–H and O–H groups in total. The number of anilines is 3. The lowest BCUT2D eigenvalue weighted by molar-refractivity contribution is 0.100. The molecule has 8 heteroatoms. The molecule has 1 amide bonds. The minimum Gasteiger partial charge on any atom is -0.384 e. The van der Waals surface area contributed by atoms with Crippen molar-refractivity contribution in [3.8, 4) is 11.1 Å². The molecule has 5 rings (SSSR count). The number of aromatic nitrogens is 2. The predicted molar refractivity (Wildman–Crippen MR) is 145 cm³/mol. The highest BCUT2D eigenvalue weighted by atomic mass is 16.1. The largest absolute Gasteiger partial charge is 0.384 e. The van der Waals surface area contributed by atoms with Crippen molar-refractivity contribution in [2.24, 2.45) is 5.73 Å². The van der Waals surface area contributed by atoms with E-state index < -0.39 is 5.91 Å². The fourth-order valence-corrected chi connectivity index (χ4v) is 5.47. The Hall–Kier alpha value is -3.65. The van der Waals surface area contributed by atoms with Gasteiger partial charge < -0.3 is 27.0 Å². The second-order valence-electron chi connectivity index (χ2n) is 9.91. The van der Waals surface area contributed by atoms with Gasteiger partial charge in [0.05, 0.1) is 11.9 Å². The molecule has 188 valence electrons. The van der Waals surface area contributed by atoms with Gasteiger partial charge in [0.1, 0.15) is 11.6 Å². The standard InChI is InChI=1S/C28H35N7O/c29-26-11-10-23(17-32-26)35-14-4-7-22(18-35)33-24-8-1-2-9-25(24)34-27-16-20(12-13-31-27)19-5-3-6-21(15-19)28(30)36/h3,5-6,10-13,15-17,22,24-25,33H,1-2,4,7-9,14,18H2,(H2,29,32)(H2,30,36)(H,31,34)/t22?,24-,25-/m1/s1. The van der Waals surface area contributed by atoms with Crippen LogP contribution in [-0.4, -0.2) is 47.1 Å². The first kappa shape index (κ1) is 24.1. The van der Waals surface area contributed by atoms with Crippen LogP contribution in [0.3, 0.4) is 0 Å². The van der Waals surface area contributed by atoms with Crippen LogP contribution < -0.4 is 27.0 Å². The molecular weight excluding hydrogens is 450 g/mol. The molecule has 1 aromatic carbocycles. The number of nitrogen functional groups attached to an aromatic ring is 1. The Balaban J connectivity index is 1.26. The molecule has 1 aliphatic heterocycles. The maximum Gasteiger partial charge on any atom is 0.248 e. The Kier molecular flexibility index (Phi) is 7.32. The summed E-state index contributed by atoms with van der Waals surface area (Å²) in [6.07, 6.45) is 10.7. The van der Waals surface area contributed by atoms with Gasteiger partial charge in [0, 0.05) is 43.0 Å². The molecule has 0 radical (unpaired) electrons. The van der Waals surface area contributed by atoms with E-state index in [2.05, 4.69) is 37.6 Å². The normalized spacial score (nSPS) is 22.2. The van der Waals surface area contributed by atoms with Crippen molar-refractivity contribution in [3.05, 3.63) is 66.5 Å². The number of carbonyl (C=O) groups excluding carboxylic acids is 1. The van der Waals surface area contributed by atoms with E-state index in [1.54, 1.807) is 6.07 Å². The number of hydrogen-bond acceptors (Lipinski definition) is 7. The molecule has 3 heterocycles. The van der Waals surface area contributed by atoms with E-state index in [4.69, 9.17) is 11.5 Å². The van der Waals surface area contributed by atoms with Crippen molar-refractivity contribution in [1.82, 2.24) is 15.3 Å². The highest BCUT2D eigenvalue weighted by Crippen LogP contribution is 2.27. The number of nitrogens with two attached hydrogens (primary N) is 2. The van der Waals surface area contributed by atoms with Crippen molar-refractivity contribution < 1.29 is 4.79 Å². The first-order chi connectivity index (χ1) is 17.5. The molecule has 2 fully saturated rings. The zero-order valence-corrected chi connectivity index (χ0v) is 20.6. The summed E-state index contributed by atoms with van der Waals surface area (Å²) in [6.45, 7) is 2.02. The van der Waals surface area contributed by atoms with E-state index in [0.29, 0.717) is 29.5 Å². The molecule has 0 bridgehead atoms. The summed E-state index contributed by atoms with van der Waals surface area (Å²) >= 11 is 0. The number of amides is 1. The zero-order valence-electron chi connectivity index (χ0n) is 20.6. The second-order valence-corrected chi connectivity index (χ2v) is 9.91. The minimum absolute atomic E-state index is 0.312. The van der Waals surface area contributed by atoms with Gasteiger partial charge in [-0.2, -0.15) is 0 Å². The number of nitrogens with one attached hydrogen (secondary N) is 2. The molecule has 2 aromatic heterocycles. The molecule has 1 aliphatic carbocycles. The van der Waals surface area contributed by atoms with E-state index in [0.717, 1.165) is 55.0 Å². The van der Waals surface area contributed by atoms with E-state index in [-0.39, 0.29) is 0 Å². The van der Waals surface area contributed by atoms with Crippen LogP contribution in [0.5, 0.6) is 0 Å². The summed E-state index contributed by atoms with van der Waals surface area (Å²) in [7, 11) is 0. The van der Waals surface area contributed by atoms with Gasteiger partial charge in [-0.1, -0.05) is 25.0 Å². The summed E-state index contributed by atoms with van der Waals surface area (Å²) in [6, 6.07) is 16.5. The van der Waals surface area contributed by atoms with Crippen molar-refractivity contribution in [2.45, 2.75) is 56.7 Å². The molecule has 2 aliphatic rings. The maximum atomic E-state index is 11.6. The van der Waals surface area contributed by atoms with Gasteiger partial charge in [0.2, 0.25) is 5.91 Å². The zero-order chi connectivity index (χ0) is 24.9. The second kappa shape index (κ2) is 11.0. The van der Waals surface area contributed by atoms with Gasteiger partial charge in [0.15, 0.2) is 0 Å². The lowest BCUT2D eigenvalue weighted by Gasteiger charge is -2.40. The van der Waals surface area contributed by atoms with Crippen molar-refractivity contribution in [3.63, 3.8) is 0 Å². The fraction of sp³-hybridized carbons (Fsp3) is 0.393. The van der Waals surface area contributed by atoms with Crippen molar-refractivity contribution >= 4 is 23.2 Å². The quantitative estimate of drug-likeness (QED) is 0.401. The number of primary amides is 1. The molecule has 3 aromatic rings. The van der Waals surface area contributed by atoms with Gasteiger partial charge in [-0.15, -0.1) is 0 Å². The predicted octanol–water partition coefficient (Wildman–Crippen LogP) is 3.81. The van der Waals surface area contributed by atoms with Crippen LogP contribution in [0, 0.1) is 0 Å². The Labute approximate surface area is 212 Å². The molecule has 1 saturated heterocycles. The number of hydrogen-bond donors (Lipinski definition) is 4. The Bertz CT molecular complexity index is 1180. The van der Waals surface area contributed by atoms with Gasteiger partial charge in [-0.05, 0) is 73.2 Å². The molecule has 1 unspecified atom stereocenters. The molecule has 1 saturated carbocycles. The van der Waals surface area contributed by atoms with Crippen LogP contribution in [0.2, 0.25) is 0 Å². The first-order valence-corrected chi connectivity index (χ1v) is 12.9. The average molecular weight is 486 g/mol. The summed E-state index contributed by atoms with van der Waals surface area (Å²) < 4.78 is 0. The average Bonchev–Trinajstić information content (AvgIpc) is 2.91. The molecular formula is C28H35N7O. The highest BCUT2D eigenvalue weighted by Gasteiger charge is 2.29. The third-order valence-electron chi connectivity index (χ3n) is 7.35. The van der Waals surface area contributed by atoms with Gasteiger partial charge in [0.25, 0.3) is 0 Å². The van der Waals surface area contributed by atoms with Crippen LogP contribution in [0.4, 0.5) is 17.3 Å². The van der Waals surface area contributed by atoms with E-state index in [1.165, 1.54) is 19.3 Å². The Morgan fingerprint density at radius 1 is 0.944 bits per heavy atom. The molecule has 3 atom stereocenters. The Morgan fingerprint density at radius 2 is 1.78 bits per heavy atom. The SMILES string of the molecule is NC(=O)c1cccc(-c2ccnc(N[C@@H]3CCCC[C@H]3NC3CCCN(c4ccc(N)nc4)C3)c2)c1. The third kappa shape index (κ3) is 5.76. The van der Waals surface area contributed by atoms with E-state index in [9.17, 15) is 4.79 Å². The monoisotopic (exact) mass is 485 g/mol. The fourth-order valence-electron chi connectivity index (χ4n) is 5.47. The van der Waals surface area contributed by atoms with Crippen molar-refractivity contribution in [2.75, 3.05) is 29.0 Å². The number of nitrogens with zero attached hydrogens (tertiary/aromatic N) is 3. The van der Waals surface area contributed by atoms with E-state index >= 15 is 0 Å². The summed E-state index contributed by atoms with van der Waals surface area (Å²) in [4.78, 5) is 22.9. The van der Waals surface area contributed by atoms with Crippen LogP contribution in [-0.2, 0) is 0 Å². The Morgan fingerprint density at radius 3 is 2.58 bits per heavy atom. The summed E-state index contributed by atoms with van der Waals surface area (Å²) in [5, 5.41) is 7.69. The number of piperidine rings is 1. The van der Waals surface area contributed by atoms with Gasteiger partial charge in [-0.25, -0.2) is 9.97 Å². The number of benzene rings is 1. The van der Waals surface area contributed by atoms with Crippen LogP contribution in [0.15, 0.2) is 60.9 Å². The lowest BCUT2D eigenvalue weighted by atomic mass is 9.89. The third-order valence-corrected chi connectivity index (χ3v) is 7.35. The first-order valence-electron chi connectivity index (χ1n) is 12.9. The highest BCUT2D eigenvalue weighted by molar-refractivity contribution is 5.94. The molecule has 0 spiro atoms. The van der Waals surface area contributed by atoms with Crippen molar-refractivity contribution in [1.29, 1.82) is 0 Å².